The van der Waals surface area contributed by atoms with Gasteiger partial charge in [0.25, 0.3) is 0 Å². The molecule has 0 radical (unpaired) electrons. The second-order valence-corrected chi connectivity index (χ2v) is 3.59. The molecule has 0 aliphatic rings. The average Bonchev–Trinajstić information content (AvgIpc) is 2.56. The standard InChI is InChI=1S/C7H10N4S/c1-2-6(3-4-8)12-7-9-5-10-11-7/h5-6H,2-3H2,1H3,(H,9,10,11). The maximum absolute atomic E-state index is 8.49. The SMILES string of the molecule is CCC(CC#N)Sc1ncn[nH]1. The molecule has 0 spiro atoms. The van der Waals surface area contributed by atoms with Crippen LogP contribution in [-0.4, -0.2) is 20.4 Å². The highest BCUT2D eigenvalue weighted by molar-refractivity contribution is 7.99. The summed E-state index contributed by atoms with van der Waals surface area (Å²) in [6.45, 7) is 2.06. The molecule has 0 bridgehead atoms. The van der Waals surface area contributed by atoms with Crippen LogP contribution in [0.2, 0.25) is 0 Å². The van der Waals surface area contributed by atoms with Gasteiger partial charge in [-0.05, 0) is 6.42 Å². The van der Waals surface area contributed by atoms with Crippen LogP contribution < -0.4 is 0 Å². The summed E-state index contributed by atoms with van der Waals surface area (Å²) in [7, 11) is 0. The zero-order valence-corrected chi connectivity index (χ0v) is 7.64. The minimum atomic E-state index is 0.322. The second kappa shape index (κ2) is 4.78. The maximum atomic E-state index is 8.49. The lowest BCUT2D eigenvalue weighted by Gasteiger charge is -2.06. The first kappa shape index (κ1) is 9.07. The van der Waals surface area contributed by atoms with E-state index in [-0.39, 0.29) is 0 Å². The molecule has 1 unspecified atom stereocenters. The number of nitriles is 1. The van der Waals surface area contributed by atoms with Gasteiger partial charge in [-0.25, -0.2) is 4.98 Å². The molecule has 64 valence electrons. The molecule has 0 aliphatic heterocycles. The molecule has 0 fully saturated rings. The Morgan fingerprint density at radius 1 is 1.83 bits per heavy atom. The topological polar surface area (TPSA) is 65.4 Å². The van der Waals surface area contributed by atoms with Gasteiger partial charge in [0.2, 0.25) is 0 Å². The molecule has 0 aliphatic carbocycles. The lowest BCUT2D eigenvalue weighted by atomic mass is 10.3. The van der Waals surface area contributed by atoms with E-state index in [1.165, 1.54) is 6.33 Å². The van der Waals surface area contributed by atoms with Crippen molar-refractivity contribution >= 4 is 11.8 Å². The van der Waals surface area contributed by atoms with E-state index in [0.29, 0.717) is 11.7 Å². The first-order valence-corrected chi connectivity index (χ1v) is 4.63. The highest BCUT2D eigenvalue weighted by Gasteiger charge is 2.08. The van der Waals surface area contributed by atoms with Gasteiger partial charge in [-0.15, -0.1) is 0 Å². The summed E-state index contributed by atoms with van der Waals surface area (Å²) < 4.78 is 0. The number of hydrogen-bond donors (Lipinski definition) is 1. The van der Waals surface area contributed by atoms with Crippen LogP contribution in [0.15, 0.2) is 11.5 Å². The predicted octanol–water partition coefficient (Wildman–Crippen LogP) is 1.59. The predicted molar refractivity (Wildman–Crippen MR) is 46.5 cm³/mol. The Hall–Kier alpha value is -1.02. The second-order valence-electron chi connectivity index (χ2n) is 2.30. The zero-order valence-electron chi connectivity index (χ0n) is 6.82. The number of aromatic amines is 1. The van der Waals surface area contributed by atoms with E-state index in [1.807, 2.05) is 0 Å². The number of nitrogens with one attached hydrogen (secondary N) is 1. The molecule has 12 heavy (non-hydrogen) atoms. The largest absolute Gasteiger partial charge is 0.254 e. The Morgan fingerprint density at radius 3 is 3.17 bits per heavy atom. The molecule has 4 nitrogen and oxygen atoms in total. The zero-order chi connectivity index (χ0) is 8.81. The number of H-pyrrole nitrogens is 1. The van der Waals surface area contributed by atoms with Crippen molar-refractivity contribution in [2.45, 2.75) is 30.2 Å². The summed E-state index contributed by atoms with van der Waals surface area (Å²) >= 11 is 1.57. The molecular weight excluding hydrogens is 172 g/mol. The van der Waals surface area contributed by atoms with E-state index in [4.69, 9.17) is 5.26 Å². The molecule has 1 heterocycles. The van der Waals surface area contributed by atoms with E-state index in [0.717, 1.165) is 11.6 Å². The van der Waals surface area contributed by atoms with E-state index in [9.17, 15) is 0 Å². The highest BCUT2D eigenvalue weighted by Crippen LogP contribution is 2.23. The number of nitrogens with zero attached hydrogens (tertiary/aromatic N) is 3. The van der Waals surface area contributed by atoms with Gasteiger partial charge in [-0.1, -0.05) is 18.7 Å². The van der Waals surface area contributed by atoms with E-state index in [2.05, 4.69) is 28.2 Å². The molecule has 1 aromatic rings. The van der Waals surface area contributed by atoms with Crippen molar-refractivity contribution in [1.29, 1.82) is 5.26 Å². The first-order valence-electron chi connectivity index (χ1n) is 3.75. The molecule has 1 rings (SSSR count). The quantitative estimate of drug-likeness (QED) is 0.718. The molecule has 1 atom stereocenters. The molecule has 1 aromatic heterocycles. The van der Waals surface area contributed by atoms with Gasteiger partial charge in [0.15, 0.2) is 5.16 Å². The monoisotopic (exact) mass is 182 g/mol. The Kier molecular flexibility index (Phi) is 3.61. The third-order valence-corrected chi connectivity index (χ3v) is 2.70. The van der Waals surface area contributed by atoms with Crippen molar-refractivity contribution in [3.8, 4) is 6.07 Å². The van der Waals surface area contributed by atoms with Crippen LogP contribution in [-0.2, 0) is 0 Å². The fourth-order valence-electron chi connectivity index (χ4n) is 0.780. The van der Waals surface area contributed by atoms with Gasteiger partial charge < -0.3 is 0 Å². The van der Waals surface area contributed by atoms with Crippen LogP contribution in [0, 0.1) is 11.3 Å². The summed E-state index contributed by atoms with van der Waals surface area (Å²) in [5, 5.41) is 16.1. The summed E-state index contributed by atoms with van der Waals surface area (Å²) in [6.07, 6.45) is 3.00. The van der Waals surface area contributed by atoms with Crippen LogP contribution in [0.3, 0.4) is 0 Å². The van der Waals surface area contributed by atoms with Gasteiger partial charge in [0, 0.05) is 11.7 Å². The highest BCUT2D eigenvalue weighted by atomic mass is 32.2. The third kappa shape index (κ3) is 2.55. The Balaban J connectivity index is 2.44. The minimum Gasteiger partial charge on any atom is -0.254 e. The fourth-order valence-corrected chi connectivity index (χ4v) is 1.63. The summed E-state index contributed by atoms with van der Waals surface area (Å²) in [6, 6.07) is 2.15. The fraction of sp³-hybridized carbons (Fsp3) is 0.571. The van der Waals surface area contributed by atoms with Crippen molar-refractivity contribution in [3.63, 3.8) is 0 Å². The van der Waals surface area contributed by atoms with Gasteiger partial charge in [0.1, 0.15) is 6.33 Å². The molecular formula is C7H10N4S. The smallest absolute Gasteiger partial charge is 0.183 e. The molecule has 1 N–H and O–H groups in total. The number of rotatable bonds is 4. The summed E-state index contributed by atoms with van der Waals surface area (Å²) in [4.78, 5) is 3.97. The number of aromatic nitrogens is 3. The van der Waals surface area contributed by atoms with Crippen molar-refractivity contribution in [2.75, 3.05) is 0 Å². The summed E-state index contributed by atoms with van der Waals surface area (Å²) in [5.74, 6) is 0. The Bertz CT molecular complexity index is 251. The van der Waals surface area contributed by atoms with Crippen LogP contribution in [0.4, 0.5) is 0 Å². The van der Waals surface area contributed by atoms with Crippen molar-refractivity contribution in [1.82, 2.24) is 15.2 Å². The third-order valence-electron chi connectivity index (χ3n) is 1.45. The number of thioether (sulfide) groups is 1. The molecule has 5 heteroatoms. The molecule has 0 aromatic carbocycles. The lowest BCUT2D eigenvalue weighted by molar-refractivity contribution is 0.833. The Labute approximate surface area is 75.4 Å². The van der Waals surface area contributed by atoms with Crippen molar-refractivity contribution < 1.29 is 0 Å². The van der Waals surface area contributed by atoms with Crippen LogP contribution in [0.1, 0.15) is 19.8 Å². The average molecular weight is 182 g/mol. The molecule has 0 saturated heterocycles. The lowest BCUT2D eigenvalue weighted by Crippen LogP contribution is -1.99. The van der Waals surface area contributed by atoms with Gasteiger partial charge in [-0.3, -0.25) is 5.10 Å². The summed E-state index contributed by atoms with van der Waals surface area (Å²) in [5.41, 5.74) is 0. The van der Waals surface area contributed by atoms with Gasteiger partial charge in [0.05, 0.1) is 6.07 Å². The van der Waals surface area contributed by atoms with E-state index >= 15 is 0 Å². The Morgan fingerprint density at radius 2 is 2.67 bits per heavy atom. The number of hydrogen-bond acceptors (Lipinski definition) is 4. The van der Waals surface area contributed by atoms with Gasteiger partial charge in [-0.2, -0.15) is 10.4 Å². The maximum Gasteiger partial charge on any atom is 0.183 e. The van der Waals surface area contributed by atoms with Crippen LogP contribution in [0.5, 0.6) is 0 Å². The minimum absolute atomic E-state index is 0.322. The van der Waals surface area contributed by atoms with E-state index in [1.54, 1.807) is 11.8 Å². The molecule has 0 saturated carbocycles. The normalized spacial score (nSPS) is 12.3. The first-order chi connectivity index (χ1) is 5.86. The van der Waals surface area contributed by atoms with Gasteiger partial charge >= 0.3 is 0 Å². The molecule has 0 amide bonds. The van der Waals surface area contributed by atoms with E-state index < -0.39 is 0 Å². The van der Waals surface area contributed by atoms with Crippen molar-refractivity contribution in [2.24, 2.45) is 0 Å². The van der Waals surface area contributed by atoms with Crippen molar-refractivity contribution in [3.05, 3.63) is 6.33 Å². The van der Waals surface area contributed by atoms with Crippen LogP contribution in [0.25, 0.3) is 0 Å². The van der Waals surface area contributed by atoms with Crippen LogP contribution >= 0.6 is 11.8 Å².